The van der Waals surface area contributed by atoms with E-state index < -0.39 is 16.7 Å². The Bertz CT molecular complexity index is 304. The number of halogens is 1. The van der Waals surface area contributed by atoms with Crippen LogP contribution >= 0.6 is 0 Å². The highest BCUT2D eigenvalue weighted by Crippen LogP contribution is 1.99. The third kappa shape index (κ3) is 3.78. The summed E-state index contributed by atoms with van der Waals surface area (Å²) in [6, 6.07) is 2.73. The van der Waals surface area contributed by atoms with E-state index in [1.165, 1.54) is 12.1 Å². The molecule has 0 bridgehead atoms. The van der Waals surface area contributed by atoms with Crippen molar-refractivity contribution in [3.63, 3.8) is 0 Å². The Morgan fingerprint density at radius 1 is 1.50 bits per heavy atom. The van der Waals surface area contributed by atoms with Gasteiger partial charge in [0, 0.05) is 28.9 Å². The van der Waals surface area contributed by atoms with E-state index in [-0.39, 0.29) is 0 Å². The van der Waals surface area contributed by atoms with Gasteiger partial charge in [-0.15, -0.1) is 10.2 Å². The lowest BCUT2D eigenvalue weighted by Crippen LogP contribution is -2.13. The summed E-state index contributed by atoms with van der Waals surface area (Å²) < 4.78 is 23.4. The van der Waals surface area contributed by atoms with Gasteiger partial charge in [-0.05, 0) is 12.1 Å². The number of nitrogens with one attached hydrogen (secondary N) is 1. The number of anilines is 1. The third-order valence-electron chi connectivity index (χ3n) is 1.59. The van der Waals surface area contributed by atoms with Crippen molar-refractivity contribution < 1.29 is 8.60 Å². The molecule has 14 heavy (non-hydrogen) atoms. The van der Waals surface area contributed by atoms with Crippen LogP contribution in [0.5, 0.6) is 0 Å². The van der Waals surface area contributed by atoms with Crippen molar-refractivity contribution in [3.8, 4) is 0 Å². The number of hydrogen-bond donors (Lipinski definition) is 1. The average Bonchev–Trinajstić information content (AvgIpc) is 2.21. The summed E-state index contributed by atoms with van der Waals surface area (Å²) in [5.41, 5.74) is 0. The minimum Gasteiger partial charge on any atom is -0.368 e. The smallest absolute Gasteiger partial charge is 0.233 e. The van der Waals surface area contributed by atoms with Gasteiger partial charge >= 0.3 is 0 Å². The van der Waals surface area contributed by atoms with Gasteiger partial charge in [-0.25, -0.2) is 0 Å². The van der Waals surface area contributed by atoms with Crippen molar-refractivity contribution in [1.82, 2.24) is 10.2 Å². The minimum atomic E-state index is -0.790. The van der Waals surface area contributed by atoms with Crippen LogP contribution in [0.1, 0.15) is 6.92 Å². The molecule has 6 heteroatoms. The first kappa shape index (κ1) is 11.0. The van der Waals surface area contributed by atoms with Crippen LogP contribution < -0.4 is 5.32 Å². The molecular formula is C8H12FN3OS. The number of hydrogen-bond acceptors (Lipinski definition) is 4. The molecule has 1 N–H and O–H groups in total. The predicted octanol–water partition coefficient (Wildman–Crippen LogP) is 0.796. The van der Waals surface area contributed by atoms with Crippen LogP contribution in [0.4, 0.5) is 10.2 Å². The highest BCUT2D eigenvalue weighted by molar-refractivity contribution is 7.84. The van der Waals surface area contributed by atoms with Crippen LogP contribution in [0, 0.1) is 5.95 Å². The van der Waals surface area contributed by atoms with Crippen LogP contribution in [-0.4, -0.2) is 32.5 Å². The molecule has 0 aliphatic carbocycles. The molecule has 0 aliphatic rings. The molecule has 0 aliphatic heterocycles. The fraction of sp³-hybridized carbons (Fsp3) is 0.500. The molecule has 1 unspecified atom stereocenters. The summed E-state index contributed by atoms with van der Waals surface area (Å²) in [4.78, 5) is 0. The topological polar surface area (TPSA) is 54.9 Å². The monoisotopic (exact) mass is 217 g/mol. The standard InChI is InChI=1S/C8H12FN3OS/c1-2-14(13)6-5-10-8-4-3-7(9)11-12-8/h3-4H,2,5-6H2,1H3,(H,10,12). The summed E-state index contributed by atoms with van der Waals surface area (Å²) in [6.07, 6.45) is 0. The Kier molecular flexibility index (Phi) is 4.45. The van der Waals surface area contributed by atoms with Crippen molar-refractivity contribution >= 4 is 16.6 Å². The maximum Gasteiger partial charge on any atom is 0.233 e. The lowest BCUT2D eigenvalue weighted by atomic mass is 10.5. The Balaban J connectivity index is 2.31. The summed E-state index contributed by atoms with van der Waals surface area (Å²) >= 11 is 0. The lowest BCUT2D eigenvalue weighted by Gasteiger charge is -2.02. The molecule has 1 heterocycles. The predicted molar refractivity (Wildman–Crippen MR) is 54.0 cm³/mol. The van der Waals surface area contributed by atoms with Gasteiger partial charge in [0.05, 0.1) is 0 Å². The molecule has 0 amide bonds. The number of aromatic nitrogens is 2. The summed E-state index contributed by atoms with van der Waals surface area (Å²) in [5, 5.41) is 9.71. The van der Waals surface area contributed by atoms with Gasteiger partial charge in [0.1, 0.15) is 5.82 Å². The molecule has 1 rings (SSSR count). The quantitative estimate of drug-likeness (QED) is 0.792. The van der Waals surface area contributed by atoms with E-state index in [9.17, 15) is 8.60 Å². The van der Waals surface area contributed by atoms with Gasteiger partial charge < -0.3 is 5.32 Å². The average molecular weight is 217 g/mol. The molecule has 1 atom stereocenters. The van der Waals surface area contributed by atoms with Crippen LogP contribution in [0.15, 0.2) is 12.1 Å². The molecule has 4 nitrogen and oxygen atoms in total. The fourth-order valence-corrected chi connectivity index (χ4v) is 1.47. The van der Waals surface area contributed by atoms with Gasteiger partial charge in [-0.3, -0.25) is 4.21 Å². The normalized spacial score (nSPS) is 12.4. The minimum absolute atomic E-state index is 0.500. The molecule has 0 saturated carbocycles. The Labute approximate surface area is 84.4 Å². The molecular weight excluding hydrogens is 205 g/mol. The largest absolute Gasteiger partial charge is 0.368 e. The second-order valence-corrected chi connectivity index (χ2v) is 4.47. The van der Waals surface area contributed by atoms with E-state index in [2.05, 4.69) is 15.5 Å². The van der Waals surface area contributed by atoms with E-state index in [0.29, 0.717) is 23.9 Å². The Morgan fingerprint density at radius 3 is 2.86 bits per heavy atom. The van der Waals surface area contributed by atoms with Crippen molar-refractivity contribution in [1.29, 1.82) is 0 Å². The number of rotatable bonds is 5. The zero-order valence-electron chi connectivity index (χ0n) is 7.86. The van der Waals surface area contributed by atoms with E-state index in [1.807, 2.05) is 6.92 Å². The SMILES string of the molecule is CCS(=O)CCNc1ccc(F)nn1. The molecule has 1 aromatic heterocycles. The highest BCUT2D eigenvalue weighted by atomic mass is 32.2. The molecule has 0 saturated heterocycles. The zero-order valence-corrected chi connectivity index (χ0v) is 8.68. The van der Waals surface area contributed by atoms with Crippen LogP contribution in [0.3, 0.4) is 0 Å². The third-order valence-corrected chi connectivity index (χ3v) is 2.89. The molecule has 0 radical (unpaired) electrons. The molecule has 0 spiro atoms. The van der Waals surface area contributed by atoms with Crippen LogP contribution in [0.2, 0.25) is 0 Å². The van der Waals surface area contributed by atoms with Gasteiger partial charge in [0.2, 0.25) is 5.95 Å². The summed E-state index contributed by atoms with van der Waals surface area (Å²) in [7, 11) is -0.790. The van der Waals surface area contributed by atoms with E-state index in [0.717, 1.165) is 0 Å². The van der Waals surface area contributed by atoms with E-state index >= 15 is 0 Å². The summed E-state index contributed by atoms with van der Waals surface area (Å²) in [6.45, 7) is 2.43. The van der Waals surface area contributed by atoms with E-state index in [1.54, 1.807) is 0 Å². The van der Waals surface area contributed by atoms with Gasteiger partial charge in [0.15, 0.2) is 0 Å². The van der Waals surface area contributed by atoms with Crippen molar-refractivity contribution in [3.05, 3.63) is 18.1 Å². The molecule has 1 aromatic rings. The maximum absolute atomic E-state index is 12.3. The van der Waals surface area contributed by atoms with Crippen molar-refractivity contribution in [2.75, 3.05) is 23.4 Å². The van der Waals surface area contributed by atoms with Crippen LogP contribution in [-0.2, 0) is 10.8 Å². The number of nitrogens with zero attached hydrogens (tertiary/aromatic N) is 2. The Morgan fingerprint density at radius 2 is 2.29 bits per heavy atom. The lowest BCUT2D eigenvalue weighted by molar-refractivity contribution is 0.564. The molecule has 0 fully saturated rings. The Hall–Kier alpha value is -1.04. The second kappa shape index (κ2) is 5.64. The first-order chi connectivity index (χ1) is 6.72. The van der Waals surface area contributed by atoms with Gasteiger partial charge in [-0.1, -0.05) is 6.92 Å². The maximum atomic E-state index is 12.3. The highest BCUT2D eigenvalue weighted by Gasteiger charge is 1.97. The fourth-order valence-electron chi connectivity index (χ4n) is 0.848. The molecule has 78 valence electrons. The second-order valence-electron chi connectivity index (χ2n) is 2.60. The zero-order chi connectivity index (χ0) is 10.4. The van der Waals surface area contributed by atoms with Gasteiger partial charge in [0.25, 0.3) is 0 Å². The first-order valence-electron chi connectivity index (χ1n) is 4.30. The van der Waals surface area contributed by atoms with Gasteiger partial charge in [-0.2, -0.15) is 4.39 Å². The van der Waals surface area contributed by atoms with E-state index in [4.69, 9.17) is 0 Å². The summed E-state index contributed by atoms with van der Waals surface area (Å²) in [5.74, 6) is 1.11. The van der Waals surface area contributed by atoms with Crippen molar-refractivity contribution in [2.24, 2.45) is 0 Å². The first-order valence-corrected chi connectivity index (χ1v) is 5.79. The van der Waals surface area contributed by atoms with Crippen LogP contribution in [0.25, 0.3) is 0 Å². The molecule has 0 aromatic carbocycles. The van der Waals surface area contributed by atoms with Crippen molar-refractivity contribution in [2.45, 2.75) is 6.92 Å².